The first kappa shape index (κ1) is 15.9. The molecule has 0 amide bonds. The fourth-order valence-electron chi connectivity index (χ4n) is 2.75. The van der Waals surface area contributed by atoms with Crippen molar-refractivity contribution in [3.8, 4) is 0 Å². The Morgan fingerprint density at radius 1 is 1.47 bits per heavy atom. The van der Waals surface area contributed by atoms with Crippen molar-refractivity contribution in [3.05, 3.63) is 19.2 Å². The third kappa shape index (κ3) is 3.60. The first-order valence-electron chi connectivity index (χ1n) is 6.69. The van der Waals surface area contributed by atoms with E-state index in [1.807, 2.05) is 0 Å². The Labute approximate surface area is 136 Å². The Balaban J connectivity index is 2.10. The van der Waals surface area contributed by atoms with E-state index in [0.717, 1.165) is 34.4 Å². The van der Waals surface area contributed by atoms with Crippen LogP contribution in [0.25, 0.3) is 0 Å². The van der Waals surface area contributed by atoms with Gasteiger partial charge in [0.2, 0.25) is 0 Å². The number of halogens is 2. The van der Waals surface area contributed by atoms with Gasteiger partial charge >= 0.3 is 0 Å². The molecule has 0 bridgehead atoms. The summed E-state index contributed by atoms with van der Waals surface area (Å²) in [5.74, 6) is 0. The van der Waals surface area contributed by atoms with Gasteiger partial charge in [0.1, 0.15) is 0 Å². The molecule has 0 saturated carbocycles. The monoisotopic (exact) mass is 409 g/mol. The smallest absolute Gasteiger partial charge is 0.0843 e. The highest BCUT2D eigenvalue weighted by atomic mass is 79.9. The van der Waals surface area contributed by atoms with Crippen LogP contribution in [-0.4, -0.2) is 48.6 Å². The molecule has 2 atom stereocenters. The Morgan fingerprint density at radius 2 is 2.21 bits per heavy atom. The summed E-state index contributed by atoms with van der Waals surface area (Å²) in [6.07, 6.45) is 0. The third-order valence-corrected chi connectivity index (χ3v) is 7.22. The molecule has 0 aliphatic carbocycles. The average Bonchev–Trinajstić information content (AvgIpc) is 2.70. The van der Waals surface area contributed by atoms with Crippen LogP contribution in [0.4, 0.5) is 0 Å². The van der Waals surface area contributed by atoms with Gasteiger partial charge in [-0.3, -0.25) is 9.80 Å². The van der Waals surface area contributed by atoms with E-state index in [2.05, 4.69) is 61.6 Å². The number of piperazine rings is 1. The number of thiophene rings is 1. The van der Waals surface area contributed by atoms with Crippen molar-refractivity contribution in [1.29, 1.82) is 0 Å². The lowest BCUT2D eigenvalue weighted by Gasteiger charge is -2.42. The maximum absolute atomic E-state index is 6.03. The molecule has 0 radical (unpaired) electrons. The quantitative estimate of drug-likeness (QED) is 0.826. The lowest BCUT2D eigenvalue weighted by molar-refractivity contribution is 0.0616. The van der Waals surface area contributed by atoms with Crippen molar-refractivity contribution >= 4 is 43.2 Å². The van der Waals surface area contributed by atoms with Crippen molar-refractivity contribution in [3.63, 3.8) is 0 Å². The fraction of sp³-hybridized carbons (Fsp3) is 0.692. The molecular weight excluding hydrogens is 390 g/mol. The number of hydrogen-bond donors (Lipinski definition) is 1. The van der Waals surface area contributed by atoms with Crippen LogP contribution in [0.1, 0.15) is 24.8 Å². The molecule has 1 fully saturated rings. The van der Waals surface area contributed by atoms with Crippen molar-refractivity contribution < 1.29 is 0 Å². The molecular formula is C13H21Br2N3S. The molecule has 1 aliphatic rings. The Hall–Kier alpha value is 0.540. The van der Waals surface area contributed by atoms with E-state index in [1.165, 1.54) is 4.88 Å². The van der Waals surface area contributed by atoms with Crippen LogP contribution in [0.15, 0.2) is 14.3 Å². The summed E-state index contributed by atoms with van der Waals surface area (Å²) in [6.45, 7) is 9.71. The number of likely N-dealkylation sites (N-methyl/N-ethyl adjacent to an activating group) is 1. The molecule has 2 heterocycles. The average molecular weight is 411 g/mol. The van der Waals surface area contributed by atoms with E-state index in [4.69, 9.17) is 5.73 Å². The lowest BCUT2D eigenvalue weighted by atomic mass is 10.1. The summed E-state index contributed by atoms with van der Waals surface area (Å²) in [7, 11) is 0. The van der Waals surface area contributed by atoms with E-state index in [-0.39, 0.29) is 0 Å². The summed E-state index contributed by atoms with van der Waals surface area (Å²) in [5, 5.41) is 0. The fourth-order valence-corrected chi connectivity index (χ4v) is 4.99. The second-order valence-electron chi connectivity index (χ2n) is 4.99. The van der Waals surface area contributed by atoms with E-state index >= 15 is 0 Å². The van der Waals surface area contributed by atoms with Gasteiger partial charge < -0.3 is 5.73 Å². The Kier molecular flexibility index (Phi) is 5.87. The summed E-state index contributed by atoms with van der Waals surface area (Å²) < 4.78 is 2.28. The predicted molar refractivity (Wildman–Crippen MR) is 89.8 cm³/mol. The van der Waals surface area contributed by atoms with Crippen LogP contribution in [-0.2, 0) is 0 Å². The van der Waals surface area contributed by atoms with Crippen LogP contribution < -0.4 is 5.73 Å². The van der Waals surface area contributed by atoms with Gasteiger partial charge in [0.05, 0.1) is 9.83 Å². The summed E-state index contributed by atoms with van der Waals surface area (Å²) in [5.41, 5.74) is 6.03. The normalized spacial score (nSPS) is 23.7. The standard InChI is InChI=1S/C13H21Br2N3S/c1-3-17-4-5-18(8-9(17)2)11(7-16)12-6-10(14)13(15)19-12/h6,9,11H,3-5,7-8,16H2,1-2H3. The number of hydrogen-bond acceptors (Lipinski definition) is 4. The minimum Gasteiger partial charge on any atom is -0.329 e. The molecule has 2 N–H and O–H groups in total. The van der Waals surface area contributed by atoms with Gasteiger partial charge in [-0.2, -0.15) is 0 Å². The zero-order valence-corrected chi connectivity index (χ0v) is 15.4. The van der Waals surface area contributed by atoms with Crippen molar-refractivity contribution in [2.75, 3.05) is 32.7 Å². The van der Waals surface area contributed by atoms with E-state index in [0.29, 0.717) is 18.6 Å². The van der Waals surface area contributed by atoms with Gasteiger partial charge in [0, 0.05) is 41.6 Å². The van der Waals surface area contributed by atoms with Crippen molar-refractivity contribution in [2.45, 2.75) is 25.9 Å². The molecule has 108 valence electrons. The van der Waals surface area contributed by atoms with Gasteiger partial charge in [0.25, 0.3) is 0 Å². The molecule has 6 heteroatoms. The minimum atomic E-state index is 0.342. The maximum atomic E-state index is 6.03. The first-order valence-corrected chi connectivity index (χ1v) is 9.10. The molecule has 2 rings (SSSR count). The molecule has 2 unspecified atom stereocenters. The highest BCUT2D eigenvalue weighted by Crippen LogP contribution is 2.37. The Morgan fingerprint density at radius 3 is 2.68 bits per heavy atom. The van der Waals surface area contributed by atoms with E-state index < -0.39 is 0 Å². The number of nitrogens with two attached hydrogens (primary N) is 1. The van der Waals surface area contributed by atoms with Gasteiger partial charge in [-0.15, -0.1) is 11.3 Å². The molecule has 0 aromatic carbocycles. The molecule has 3 nitrogen and oxygen atoms in total. The highest BCUT2D eigenvalue weighted by Gasteiger charge is 2.28. The second kappa shape index (κ2) is 7.00. The predicted octanol–water partition coefficient (Wildman–Crippen LogP) is 3.30. The molecule has 1 aliphatic heterocycles. The van der Waals surface area contributed by atoms with Crippen LogP contribution in [0.5, 0.6) is 0 Å². The third-order valence-electron chi connectivity index (χ3n) is 3.86. The first-order chi connectivity index (χ1) is 9.06. The molecule has 1 saturated heterocycles. The van der Waals surface area contributed by atoms with Gasteiger partial charge in [-0.1, -0.05) is 6.92 Å². The summed E-state index contributed by atoms with van der Waals surface area (Å²) in [4.78, 5) is 6.41. The van der Waals surface area contributed by atoms with Crippen LogP contribution in [0, 0.1) is 0 Å². The summed E-state index contributed by atoms with van der Waals surface area (Å²) in [6, 6.07) is 3.15. The molecule has 19 heavy (non-hydrogen) atoms. The molecule has 1 aromatic rings. The second-order valence-corrected chi connectivity index (χ2v) is 8.25. The highest BCUT2D eigenvalue weighted by molar-refractivity contribution is 9.13. The Bertz CT molecular complexity index is 405. The minimum absolute atomic E-state index is 0.342. The van der Waals surface area contributed by atoms with Crippen molar-refractivity contribution in [2.24, 2.45) is 5.73 Å². The zero-order chi connectivity index (χ0) is 14.0. The van der Waals surface area contributed by atoms with Crippen molar-refractivity contribution in [1.82, 2.24) is 9.80 Å². The van der Waals surface area contributed by atoms with Crippen LogP contribution in [0.2, 0.25) is 0 Å². The topological polar surface area (TPSA) is 32.5 Å². The van der Waals surface area contributed by atoms with Crippen LogP contribution >= 0.6 is 43.2 Å². The number of rotatable bonds is 4. The van der Waals surface area contributed by atoms with E-state index in [9.17, 15) is 0 Å². The van der Waals surface area contributed by atoms with Gasteiger partial charge in [0.15, 0.2) is 0 Å². The summed E-state index contributed by atoms with van der Waals surface area (Å²) >= 11 is 8.92. The number of nitrogens with zero attached hydrogens (tertiary/aromatic N) is 2. The van der Waals surface area contributed by atoms with Gasteiger partial charge in [-0.05, 0) is 51.4 Å². The van der Waals surface area contributed by atoms with Gasteiger partial charge in [-0.25, -0.2) is 0 Å². The molecule has 0 spiro atoms. The molecule has 1 aromatic heterocycles. The SMILES string of the molecule is CCN1CCN(C(CN)c2cc(Br)c(Br)s2)CC1C. The maximum Gasteiger partial charge on any atom is 0.0843 e. The largest absolute Gasteiger partial charge is 0.329 e. The zero-order valence-electron chi connectivity index (χ0n) is 11.4. The lowest BCUT2D eigenvalue weighted by Crippen LogP contribution is -2.53. The van der Waals surface area contributed by atoms with Crippen LogP contribution in [0.3, 0.4) is 0 Å². The van der Waals surface area contributed by atoms with E-state index in [1.54, 1.807) is 11.3 Å².